The summed E-state index contributed by atoms with van der Waals surface area (Å²) in [5.41, 5.74) is 2.08. The average molecular weight is 311 g/mol. The van der Waals surface area contributed by atoms with Crippen LogP contribution in [-0.2, 0) is 0 Å². The number of ketones is 1. The second kappa shape index (κ2) is 5.64. The van der Waals surface area contributed by atoms with Crippen LogP contribution < -0.4 is 0 Å². The number of carbonyl (C=O) groups is 1. The second-order valence-electron chi connectivity index (χ2n) is 5.63. The van der Waals surface area contributed by atoms with Crippen molar-refractivity contribution in [2.45, 2.75) is 5.92 Å². The number of nitriles is 1. The fourth-order valence-electron chi connectivity index (χ4n) is 2.86. The number of hydrogen-bond donors (Lipinski definition) is 1. The van der Waals surface area contributed by atoms with E-state index in [2.05, 4.69) is 16.0 Å². The van der Waals surface area contributed by atoms with E-state index in [1.807, 2.05) is 60.7 Å². The van der Waals surface area contributed by atoms with Gasteiger partial charge in [0.25, 0.3) is 0 Å². The van der Waals surface area contributed by atoms with Crippen LogP contribution in [0, 0.1) is 11.3 Å². The molecule has 1 atom stereocenters. The fraction of sp³-hybridized carbons (Fsp3) is 0.0500. The van der Waals surface area contributed by atoms with E-state index in [9.17, 15) is 10.1 Å². The molecule has 0 radical (unpaired) electrons. The van der Waals surface area contributed by atoms with Crippen molar-refractivity contribution in [3.05, 3.63) is 78.1 Å². The normalized spacial score (nSPS) is 12.1. The third-order valence-electron chi connectivity index (χ3n) is 4.11. The van der Waals surface area contributed by atoms with Crippen LogP contribution in [0.2, 0.25) is 0 Å². The Morgan fingerprint density at radius 1 is 1.00 bits per heavy atom. The fourth-order valence-corrected chi connectivity index (χ4v) is 2.86. The first-order valence-electron chi connectivity index (χ1n) is 7.63. The largest absolute Gasteiger partial charge is 0.340 e. The average Bonchev–Trinajstić information content (AvgIpc) is 3.05. The number of benzene rings is 3. The Bertz CT molecular complexity index is 1070. The van der Waals surface area contributed by atoms with Crippen LogP contribution >= 0.6 is 0 Å². The molecular weight excluding hydrogens is 298 g/mol. The van der Waals surface area contributed by atoms with Crippen LogP contribution in [0.1, 0.15) is 22.1 Å². The summed E-state index contributed by atoms with van der Waals surface area (Å²) in [6, 6.07) is 22.9. The Balaban J connectivity index is 1.76. The molecule has 1 unspecified atom stereocenters. The van der Waals surface area contributed by atoms with E-state index in [0.29, 0.717) is 11.4 Å². The van der Waals surface area contributed by atoms with E-state index in [0.717, 1.165) is 21.8 Å². The van der Waals surface area contributed by atoms with E-state index in [-0.39, 0.29) is 5.78 Å². The molecule has 4 aromatic rings. The molecule has 0 spiro atoms. The number of aromatic nitrogens is 2. The molecule has 4 rings (SSSR count). The first kappa shape index (κ1) is 14.2. The highest BCUT2D eigenvalue weighted by atomic mass is 16.1. The molecule has 114 valence electrons. The van der Waals surface area contributed by atoms with Crippen molar-refractivity contribution in [2.24, 2.45) is 0 Å². The van der Waals surface area contributed by atoms with E-state index in [1.54, 1.807) is 6.07 Å². The minimum absolute atomic E-state index is 0.248. The number of fused-ring (bicyclic) bond motifs is 2. The van der Waals surface area contributed by atoms with Gasteiger partial charge in [-0.1, -0.05) is 48.5 Å². The van der Waals surface area contributed by atoms with Crippen molar-refractivity contribution in [1.29, 1.82) is 5.26 Å². The summed E-state index contributed by atoms with van der Waals surface area (Å²) in [5, 5.41) is 11.6. The van der Waals surface area contributed by atoms with Crippen LogP contribution in [0.3, 0.4) is 0 Å². The topological polar surface area (TPSA) is 69.5 Å². The maximum absolute atomic E-state index is 12.8. The number of nitrogens with one attached hydrogen (secondary N) is 1. The van der Waals surface area contributed by atoms with Crippen LogP contribution in [0.15, 0.2) is 66.7 Å². The lowest BCUT2D eigenvalue weighted by molar-refractivity contribution is 0.0976. The molecule has 0 aliphatic carbocycles. The van der Waals surface area contributed by atoms with Gasteiger partial charge in [-0.05, 0) is 29.0 Å². The lowest BCUT2D eigenvalue weighted by atomic mass is 9.96. The van der Waals surface area contributed by atoms with Gasteiger partial charge in [-0.15, -0.1) is 0 Å². The highest BCUT2D eigenvalue weighted by molar-refractivity contribution is 6.05. The molecule has 0 saturated carbocycles. The number of carbonyl (C=O) groups excluding carboxylic acids is 1. The van der Waals surface area contributed by atoms with E-state index in [4.69, 9.17) is 0 Å². The van der Waals surface area contributed by atoms with Gasteiger partial charge in [-0.3, -0.25) is 4.79 Å². The van der Waals surface area contributed by atoms with Crippen molar-refractivity contribution in [2.75, 3.05) is 0 Å². The van der Waals surface area contributed by atoms with E-state index >= 15 is 0 Å². The maximum Gasteiger partial charge on any atom is 0.187 e. The van der Waals surface area contributed by atoms with Crippen molar-refractivity contribution in [3.63, 3.8) is 0 Å². The summed E-state index contributed by atoms with van der Waals surface area (Å²) >= 11 is 0. The summed E-state index contributed by atoms with van der Waals surface area (Å²) in [5.74, 6) is -0.808. The number of nitrogens with zero attached hydrogens (tertiary/aromatic N) is 2. The molecule has 4 nitrogen and oxygen atoms in total. The zero-order valence-electron chi connectivity index (χ0n) is 12.7. The molecule has 1 aromatic heterocycles. The SMILES string of the molecule is N#CC(C(=O)c1ccc2ccccc2c1)c1nc2ccccc2[nH]1. The van der Waals surface area contributed by atoms with Gasteiger partial charge in [0.15, 0.2) is 11.7 Å². The zero-order valence-corrected chi connectivity index (χ0v) is 12.7. The molecule has 0 saturated heterocycles. The number of imidazole rings is 1. The first-order valence-corrected chi connectivity index (χ1v) is 7.63. The van der Waals surface area contributed by atoms with Gasteiger partial charge >= 0.3 is 0 Å². The predicted octanol–water partition coefficient (Wildman–Crippen LogP) is 4.21. The van der Waals surface area contributed by atoms with Gasteiger partial charge in [-0.2, -0.15) is 5.26 Å². The van der Waals surface area contributed by atoms with Crippen LogP contribution in [0.4, 0.5) is 0 Å². The molecule has 0 bridgehead atoms. The molecule has 1 N–H and O–H groups in total. The monoisotopic (exact) mass is 311 g/mol. The highest BCUT2D eigenvalue weighted by Gasteiger charge is 2.25. The Morgan fingerprint density at radius 3 is 2.54 bits per heavy atom. The number of H-pyrrole nitrogens is 1. The second-order valence-corrected chi connectivity index (χ2v) is 5.63. The Morgan fingerprint density at radius 2 is 1.75 bits per heavy atom. The summed E-state index contributed by atoms with van der Waals surface area (Å²) < 4.78 is 0. The summed E-state index contributed by atoms with van der Waals surface area (Å²) in [4.78, 5) is 20.3. The van der Waals surface area contributed by atoms with Gasteiger partial charge in [0.2, 0.25) is 0 Å². The minimum Gasteiger partial charge on any atom is -0.340 e. The molecular formula is C20H13N3O. The Hall–Kier alpha value is -3.45. The minimum atomic E-state index is -0.946. The van der Waals surface area contributed by atoms with Gasteiger partial charge in [-0.25, -0.2) is 4.98 Å². The van der Waals surface area contributed by atoms with Crippen LogP contribution in [0.25, 0.3) is 21.8 Å². The van der Waals surface area contributed by atoms with Crippen molar-refractivity contribution in [1.82, 2.24) is 9.97 Å². The maximum atomic E-state index is 12.8. The van der Waals surface area contributed by atoms with E-state index < -0.39 is 5.92 Å². The van der Waals surface area contributed by atoms with Gasteiger partial charge in [0, 0.05) is 5.56 Å². The van der Waals surface area contributed by atoms with Gasteiger partial charge in [0.1, 0.15) is 5.82 Å². The highest BCUT2D eigenvalue weighted by Crippen LogP contribution is 2.23. The predicted molar refractivity (Wildman–Crippen MR) is 92.7 cm³/mol. The molecule has 0 amide bonds. The Kier molecular flexibility index (Phi) is 3.33. The lowest BCUT2D eigenvalue weighted by Gasteiger charge is -2.07. The third-order valence-corrected chi connectivity index (χ3v) is 4.11. The molecule has 4 heteroatoms. The van der Waals surface area contributed by atoms with Crippen LogP contribution in [-0.4, -0.2) is 15.8 Å². The Labute approximate surface area is 138 Å². The first-order chi connectivity index (χ1) is 11.8. The van der Waals surface area contributed by atoms with E-state index in [1.165, 1.54) is 0 Å². The number of aromatic amines is 1. The van der Waals surface area contributed by atoms with Crippen molar-refractivity contribution in [3.8, 4) is 6.07 Å². The smallest absolute Gasteiger partial charge is 0.187 e. The molecule has 0 aliphatic heterocycles. The number of hydrogen-bond acceptors (Lipinski definition) is 3. The van der Waals surface area contributed by atoms with Crippen LogP contribution in [0.5, 0.6) is 0 Å². The molecule has 3 aromatic carbocycles. The lowest BCUT2D eigenvalue weighted by Crippen LogP contribution is -2.12. The van der Waals surface area contributed by atoms with Crippen molar-refractivity contribution < 1.29 is 4.79 Å². The van der Waals surface area contributed by atoms with Gasteiger partial charge < -0.3 is 4.98 Å². The third kappa shape index (κ3) is 2.33. The van der Waals surface area contributed by atoms with Crippen molar-refractivity contribution >= 4 is 27.6 Å². The summed E-state index contributed by atoms with van der Waals surface area (Å²) in [6.07, 6.45) is 0. The number of rotatable bonds is 3. The molecule has 24 heavy (non-hydrogen) atoms. The number of para-hydroxylation sites is 2. The molecule has 1 heterocycles. The quantitative estimate of drug-likeness (QED) is 0.576. The standard InChI is InChI=1S/C20H13N3O/c21-12-16(20-22-17-7-3-4-8-18(17)23-20)19(24)15-10-9-13-5-1-2-6-14(13)11-15/h1-11,16H,(H,22,23). The number of Topliss-reactive ketones (excluding diaryl/α,β-unsaturated/α-hetero) is 1. The zero-order chi connectivity index (χ0) is 16.5. The molecule has 0 aliphatic rings. The van der Waals surface area contributed by atoms with Gasteiger partial charge in [0.05, 0.1) is 17.1 Å². The molecule has 0 fully saturated rings. The summed E-state index contributed by atoms with van der Waals surface area (Å²) in [6.45, 7) is 0. The summed E-state index contributed by atoms with van der Waals surface area (Å²) in [7, 11) is 0.